The second-order valence-corrected chi connectivity index (χ2v) is 8.36. The number of carbonyl (C=O) groups excluding carboxylic acids is 1. The van der Waals surface area contributed by atoms with E-state index < -0.39 is 5.97 Å². The SMILES string of the molecule is COc1ccccc1C1(CNC(=O)CC(CC(=O)O)c2cccs2)CCOCC1. The van der Waals surface area contributed by atoms with Crippen LogP contribution < -0.4 is 10.1 Å². The highest BCUT2D eigenvalue weighted by Crippen LogP contribution is 2.39. The van der Waals surface area contributed by atoms with Gasteiger partial charge in [0.05, 0.1) is 13.5 Å². The molecule has 2 heterocycles. The van der Waals surface area contributed by atoms with Crippen molar-refractivity contribution in [3.05, 3.63) is 52.2 Å². The molecule has 2 N–H and O–H groups in total. The summed E-state index contributed by atoms with van der Waals surface area (Å²) in [4.78, 5) is 24.9. The third kappa shape index (κ3) is 5.36. The van der Waals surface area contributed by atoms with Crippen LogP contribution in [0.5, 0.6) is 5.75 Å². The third-order valence-corrected chi connectivity index (χ3v) is 6.59. The summed E-state index contributed by atoms with van der Waals surface area (Å²) in [5.41, 5.74) is 0.817. The third-order valence-electron chi connectivity index (χ3n) is 5.55. The highest BCUT2D eigenvalue weighted by Gasteiger charge is 2.37. The molecule has 0 spiro atoms. The van der Waals surface area contributed by atoms with E-state index in [1.165, 1.54) is 11.3 Å². The zero-order valence-corrected chi connectivity index (χ0v) is 17.4. The number of para-hydroxylation sites is 1. The van der Waals surface area contributed by atoms with Crippen LogP contribution >= 0.6 is 11.3 Å². The average Bonchev–Trinajstić information content (AvgIpc) is 3.27. The van der Waals surface area contributed by atoms with Gasteiger partial charge in [-0.25, -0.2) is 0 Å². The molecule has 2 aromatic rings. The molecule has 1 saturated heterocycles. The van der Waals surface area contributed by atoms with Crippen molar-refractivity contribution in [2.24, 2.45) is 0 Å². The number of ether oxygens (including phenoxy) is 2. The molecular formula is C22H27NO5S. The minimum absolute atomic E-state index is 0.0561. The number of nitrogens with one attached hydrogen (secondary N) is 1. The molecule has 6 nitrogen and oxygen atoms in total. The molecule has 29 heavy (non-hydrogen) atoms. The van der Waals surface area contributed by atoms with Gasteiger partial charge in [0.1, 0.15) is 5.75 Å². The van der Waals surface area contributed by atoms with E-state index in [1.54, 1.807) is 7.11 Å². The first-order valence-electron chi connectivity index (χ1n) is 9.77. The van der Waals surface area contributed by atoms with Gasteiger partial charge in [-0.1, -0.05) is 24.3 Å². The van der Waals surface area contributed by atoms with Crippen LogP contribution in [-0.4, -0.2) is 43.9 Å². The lowest BCUT2D eigenvalue weighted by atomic mass is 9.73. The van der Waals surface area contributed by atoms with Gasteiger partial charge in [-0.3, -0.25) is 9.59 Å². The number of aliphatic carboxylic acids is 1. The maximum atomic E-state index is 12.7. The van der Waals surface area contributed by atoms with E-state index in [1.807, 2.05) is 35.7 Å². The molecule has 1 aromatic carbocycles. The Hall–Kier alpha value is -2.38. The maximum Gasteiger partial charge on any atom is 0.304 e. The van der Waals surface area contributed by atoms with Crippen LogP contribution in [0, 0.1) is 0 Å². The molecule has 7 heteroatoms. The van der Waals surface area contributed by atoms with Crippen LogP contribution in [0.15, 0.2) is 41.8 Å². The number of benzene rings is 1. The molecule has 1 aromatic heterocycles. The van der Waals surface area contributed by atoms with Crippen molar-refractivity contribution >= 4 is 23.2 Å². The van der Waals surface area contributed by atoms with Crippen molar-refractivity contribution < 1.29 is 24.2 Å². The Morgan fingerprint density at radius 2 is 1.97 bits per heavy atom. The molecule has 3 rings (SSSR count). The molecular weight excluding hydrogens is 390 g/mol. The van der Waals surface area contributed by atoms with Crippen molar-refractivity contribution in [1.82, 2.24) is 5.32 Å². The largest absolute Gasteiger partial charge is 0.496 e. The van der Waals surface area contributed by atoms with Crippen molar-refractivity contribution in [2.45, 2.75) is 37.0 Å². The number of hydrogen-bond donors (Lipinski definition) is 2. The van der Waals surface area contributed by atoms with Crippen LogP contribution in [0.3, 0.4) is 0 Å². The quantitative estimate of drug-likeness (QED) is 0.652. The highest BCUT2D eigenvalue weighted by molar-refractivity contribution is 7.10. The standard InChI is InChI=1S/C22H27NO5S/c1-27-18-6-3-2-5-17(18)22(8-10-28-11-9-22)15-23-20(24)13-16(14-21(25)26)19-7-4-12-29-19/h2-7,12,16H,8-11,13-15H2,1H3,(H,23,24)(H,25,26). The van der Waals surface area contributed by atoms with Crippen LogP contribution in [0.25, 0.3) is 0 Å². The van der Waals surface area contributed by atoms with E-state index in [9.17, 15) is 14.7 Å². The Morgan fingerprint density at radius 1 is 1.21 bits per heavy atom. The zero-order chi connectivity index (χ0) is 20.7. The predicted octanol–water partition coefficient (Wildman–Crippen LogP) is 3.57. The van der Waals surface area contributed by atoms with Gasteiger partial charge in [0.2, 0.25) is 5.91 Å². The summed E-state index contributed by atoms with van der Waals surface area (Å²) in [6, 6.07) is 11.7. The van der Waals surface area contributed by atoms with Gasteiger partial charge in [-0.15, -0.1) is 11.3 Å². The van der Waals surface area contributed by atoms with E-state index in [0.29, 0.717) is 19.8 Å². The average molecular weight is 418 g/mol. The van der Waals surface area contributed by atoms with Crippen LogP contribution in [0.4, 0.5) is 0 Å². The summed E-state index contributed by atoms with van der Waals surface area (Å²) in [7, 11) is 1.65. The second kappa shape index (κ2) is 9.89. The Kier molecular flexibility index (Phi) is 7.28. The first-order chi connectivity index (χ1) is 14.0. The highest BCUT2D eigenvalue weighted by atomic mass is 32.1. The molecule has 1 unspecified atom stereocenters. The summed E-state index contributed by atoms with van der Waals surface area (Å²) < 4.78 is 11.1. The molecule has 0 aliphatic carbocycles. The molecule has 0 bridgehead atoms. The Morgan fingerprint density at radius 3 is 2.62 bits per heavy atom. The molecule has 0 radical (unpaired) electrons. The van der Waals surface area contributed by atoms with E-state index in [0.717, 1.165) is 29.0 Å². The molecule has 1 atom stereocenters. The van der Waals surface area contributed by atoms with Gasteiger partial charge in [0, 0.05) is 48.0 Å². The Labute approximate surface area is 174 Å². The van der Waals surface area contributed by atoms with E-state index in [4.69, 9.17) is 9.47 Å². The summed E-state index contributed by atoms with van der Waals surface area (Å²) in [6.45, 7) is 1.73. The number of carboxylic acid groups (broad SMARTS) is 1. The van der Waals surface area contributed by atoms with E-state index in [2.05, 4.69) is 11.4 Å². The predicted molar refractivity (Wildman–Crippen MR) is 112 cm³/mol. The first kappa shape index (κ1) is 21.3. The Bertz CT molecular complexity index is 814. The first-order valence-corrected chi connectivity index (χ1v) is 10.7. The van der Waals surface area contributed by atoms with Crippen molar-refractivity contribution in [1.29, 1.82) is 0 Å². The molecule has 1 amide bonds. The number of thiophene rings is 1. The number of hydrogen-bond acceptors (Lipinski definition) is 5. The topological polar surface area (TPSA) is 84.9 Å². The minimum Gasteiger partial charge on any atom is -0.496 e. The van der Waals surface area contributed by atoms with E-state index >= 15 is 0 Å². The number of amides is 1. The van der Waals surface area contributed by atoms with E-state index in [-0.39, 0.29) is 30.1 Å². The van der Waals surface area contributed by atoms with Gasteiger partial charge in [-0.2, -0.15) is 0 Å². The smallest absolute Gasteiger partial charge is 0.304 e. The second-order valence-electron chi connectivity index (χ2n) is 7.38. The van der Waals surface area contributed by atoms with Crippen molar-refractivity contribution in [2.75, 3.05) is 26.9 Å². The summed E-state index contributed by atoms with van der Waals surface area (Å²) in [5, 5.41) is 14.2. The van der Waals surface area contributed by atoms with Gasteiger partial charge < -0.3 is 19.9 Å². The molecule has 1 fully saturated rings. The molecule has 1 aliphatic heterocycles. The zero-order valence-electron chi connectivity index (χ0n) is 16.6. The fourth-order valence-corrected chi connectivity index (χ4v) is 4.79. The van der Waals surface area contributed by atoms with Gasteiger partial charge in [0.25, 0.3) is 0 Å². The number of methoxy groups -OCH3 is 1. The number of rotatable bonds is 9. The van der Waals surface area contributed by atoms with Crippen LogP contribution in [0.2, 0.25) is 0 Å². The fraction of sp³-hybridized carbons (Fsp3) is 0.455. The lowest BCUT2D eigenvalue weighted by Gasteiger charge is -2.38. The fourth-order valence-electron chi connectivity index (χ4n) is 3.96. The van der Waals surface area contributed by atoms with Crippen LogP contribution in [-0.2, 0) is 19.7 Å². The normalized spacial score (nSPS) is 16.7. The monoisotopic (exact) mass is 417 g/mol. The molecule has 0 saturated carbocycles. The number of carbonyl (C=O) groups is 2. The van der Waals surface area contributed by atoms with Crippen molar-refractivity contribution in [3.63, 3.8) is 0 Å². The minimum atomic E-state index is -0.897. The maximum absolute atomic E-state index is 12.7. The molecule has 156 valence electrons. The van der Waals surface area contributed by atoms with Crippen LogP contribution in [0.1, 0.15) is 42.0 Å². The summed E-state index contributed by atoms with van der Waals surface area (Å²) in [6.07, 6.45) is 1.68. The van der Waals surface area contributed by atoms with Crippen molar-refractivity contribution in [3.8, 4) is 5.75 Å². The van der Waals surface area contributed by atoms with Gasteiger partial charge >= 0.3 is 5.97 Å². The summed E-state index contributed by atoms with van der Waals surface area (Å²) in [5.74, 6) is -0.535. The summed E-state index contributed by atoms with van der Waals surface area (Å²) >= 11 is 1.49. The lowest BCUT2D eigenvalue weighted by Crippen LogP contribution is -2.45. The van der Waals surface area contributed by atoms with Gasteiger partial charge in [-0.05, 0) is 30.4 Å². The number of carboxylic acids is 1. The lowest BCUT2D eigenvalue weighted by molar-refractivity contribution is -0.137. The van der Waals surface area contributed by atoms with Gasteiger partial charge in [0.15, 0.2) is 0 Å². The Balaban J connectivity index is 1.72. The molecule has 1 aliphatic rings.